The van der Waals surface area contributed by atoms with Crippen LogP contribution in [0.15, 0.2) is 154 Å². The third kappa shape index (κ3) is 13.0. The number of ether oxygens (including phenoxy) is 2. The van der Waals surface area contributed by atoms with Gasteiger partial charge in [0.1, 0.15) is 0 Å². The highest BCUT2D eigenvalue weighted by molar-refractivity contribution is 5.93. The maximum Gasteiger partial charge on any atom is 0.258 e. The van der Waals surface area contributed by atoms with Crippen LogP contribution in [0.2, 0.25) is 0 Å². The molecule has 4 aromatic carbocycles. The van der Waals surface area contributed by atoms with E-state index in [0.717, 1.165) is 51.6 Å². The Morgan fingerprint density at radius 2 is 1.11 bits per heavy atom. The van der Waals surface area contributed by atoms with Crippen molar-refractivity contribution < 1.29 is 23.0 Å². The van der Waals surface area contributed by atoms with Gasteiger partial charge in [0.15, 0.2) is 11.5 Å². The molecule has 0 saturated heterocycles. The van der Waals surface area contributed by atoms with E-state index in [-0.39, 0.29) is 11.8 Å². The smallest absolute Gasteiger partial charge is 0.258 e. The Hall–Kier alpha value is -8.26. The summed E-state index contributed by atoms with van der Waals surface area (Å²) in [6.07, 6.45) is 11.1. The van der Waals surface area contributed by atoms with Gasteiger partial charge in [0.05, 0.1) is 25.0 Å². The highest BCUT2D eigenvalue weighted by Crippen LogP contribution is 2.34. The number of pyridine rings is 2. The van der Waals surface area contributed by atoms with Crippen LogP contribution in [0.25, 0.3) is 56.5 Å². The second kappa shape index (κ2) is 24.2. The molecular formula is C59H63N9O5. The topological polar surface area (TPSA) is 177 Å². The molecule has 0 aliphatic carbocycles. The fraction of sp³-hybridized carbons (Fsp3) is 0.288. The van der Waals surface area contributed by atoms with E-state index in [1.165, 1.54) is 22.3 Å². The summed E-state index contributed by atoms with van der Waals surface area (Å²) in [5.41, 5.74) is 10.7. The van der Waals surface area contributed by atoms with Crippen LogP contribution >= 0.6 is 0 Å². The molecule has 6 heterocycles. The summed E-state index contributed by atoms with van der Waals surface area (Å²) in [6.45, 7) is 20.1. The quantitative estimate of drug-likeness (QED) is 0.0968. The van der Waals surface area contributed by atoms with Gasteiger partial charge in [-0.05, 0) is 136 Å². The lowest BCUT2D eigenvalue weighted by atomic mass is 9.97. The van der Waals surface area contributed by atoms with E-state index in [2.05, 4.69) is 135 Å². The van der Waals surface area contributed by atoms with Gasteiger partial charge in [0, 0.05) is 64.1 Å². The first-order valence-corrected chi connectivity index (χ1v) is 24.9. The number of aromatic nitrogens is 9. The minimum atomic E-state index is 0.0708. The molecule has 0 spiro atoms. The van der Waals surface area contributed by atoms with Crippen molar-refractivity contribution in [1.29, 1.82) is 0 Å². The van der Waals surface area contributed by atoms with Gasteiger partial charge in [0.2, 0.25) is 29.3 Å². The first-order chi connectivity index (χ1) is 35.5. The predicted octanol–water partition coefficient (Wildman–Crippen LogP) is 14.0. The van der Waals surface area contributed by atoms with Crippen LogP contribution in [0.1, 0.15) is 107 Å². The minimum Gasteiger partial charge on any atom is -0.490 e. The van der Waals surface area contributed by atoms with Gasteiger partial charge < -0.3 is 28.0 Å². The van der Waals surface area contributed by atoms with Gasteiger partial charge in [-0.2, -0.15) is 15.0 Å². The first kappa shape index (κ1) is 51.1. The monoisotopic (exact) mass is 977 g/mol. The molecule has 0 aliphatic heterocycles. The lowest BCUT2D eigenvalue weighted by molar-refractivity contribution is 0.288. The van der Waals surface area contributed by atoms with Gasteiger partial charge in [-0.25, -0.2) is 0 Å². The summed E-state index contributed by atoms with van der Waals surface area (Å²) >= 11 is 0. The van der Waals surface area contributed by atoms with E-state index < -0.39 is 0 Å². The van der Waals surface area contributed by atoms with Gasteiger partial charge in [0.25, 0.3) is 5.89 Å². The molecule has 10 rings (SSSR count). The maximum atomic E-state index is 5.67. The van der Waals surface area contributed by atoms with Crippen molar-refractivity contribution in [3.8, 4) is 57.1 Å². The van der Waals surface area contributed by atoms with Gasteiger partial charge in [-0.1, -0.05) is 104 Å². The molecule has 374 valence electrons. The number of nitrogens with zero attached hydrogens (tertiary/aromatic N) is 8. The number of aromatic amines is 1. The molecule has 14 heteroatoms. The molecule has 2 atom stereocenters. The van der Waals surface area contributed by atoms with Crippen molar-refractivity contribution in [2.45, 2.75) is 87.0 Å². The number of fused-ring (bicyclic) bond motifs is 1. The lowest BCUT2D eigenvalue weighted by Crippen LogP contribution is -1.98. The largest absolute Gasteiger partial charge is 0.490 e. The lowest BCUT2D eigenvalue weighted by Gasteiger charge is -2.11. The third-order valence-electron chi connectivity index (χ3n) is 12.1. The molecule has 73 heavy (non-hydrogen) atoms. The van der Waals surface area contributed by atoms with Crippen molar-refractivity contribution in [2.75, 3.05) is 13.2 Å². The average molecular weight is 978 g/mol. The second-order valence-corrected chi connectivity index (χ2v) is 18.7. The minimum absolute atomic E-state index is 0.0708. The van der Waals surface area contributed by atoms with E-state index in [4.69, 9.17) is 23.0 Å². The molecule has 0 saturated carbocycles. The molecule has 0 bridgehead atoms. The van der Waals surface area contributed by atoms with E-state index in [1.54, 1.807) is 18.6 Å². The highest BCUT2D eigenvalue weighted by atomic mass is 16.5. The Morgan fingerprint density at radius 1 is 0.534 bits per heavy atom. The molecule has 14 nitrogen and oxygen atoms in total. The van der Waals surface area contributed by atoms with Crippen molar-refractivity contribution in [3.63, 3.8) is 0 Å². The molecule has 0 aliphatic rings. The molecular weight excluding hydrogens is 915 g/mol. The van der Waals surface area contributed by atoms with Gasteiger partial charge in [-0.15, -0.1) is 0 Å². The number of hydrogen-bond acceptors (Lipinski definition) is 13. The zero-order valence-electron chi connectivity index (χ0n) is 43.0. The van der Waals surface area contributed by atoms with E-state index >= 15 is 0 Å². The Kier molecular flexibility index (Phi) is 17.0. The summed E-state index contributed by atoms with van der Waals surface area (Å²) < 4.78 is 27.7. The van der Waals surface area contributed by atoms with Crippen molar-refractivity contribution in [3.05, 3.63) is 180 Å². The fourth-order valence-corrected chi connectivity index (χ4v) is 8.30. The van der Waals surface area contributed by atoms with Crippen LogP contribution in [0.3, 0.4) is 0 Å². The number of hydrogen-bond donors (Lipinski definition) is 1. The molecule has 2 unspecified atom stereocenters. The Morgan fingerprint density at radius 3 is 1.73 bits per heavy atom. The standard InChI is InChI=1S/C20H19N3O3.C20H23N3O.C19H21N3O/c1-3-24-17-9-8-13(12-18(17)25-4-2)20-22-19(23-26-20)15-6-5-7-16-14(15)10-11-21-16;1-13(2)11-16-5-7-17(8-6-16)15(4)20-22-19(23-24-20)18-9-10-21-12-14(18)3;1-13(2)12-15-4-6-16(7-5-15)14(3)19-21-18(22-23-19)17-8-10-20-11-9-17/h5-12,21H,3-4H2,1-2H3;5-10,12-13,15H,11H2,1-4H3;4-11,13-14H,12H2,1-3H3. The normalized spacial score (nSPS) is 12.0. The SMILES string of the molecule is CC(C)Cc1ccc(C(C)c2nc(-c3ccncc3)no2)cc1.CCOc1ccc(-c2nc(-c3cccc4[nH]ccc34)no2)cc1OCC.Cc1cnccc1-c1noc(C(C)c2ccc(CC(C)C)cc2)n1. The number of rotatable bonds is 16. The zero-order valence-corrected chi connectivity index (χ0v) is 43.0. The van der Waals surface area contributed by atoms with Crippen molar-refractivity contribution in [1.82, 2.24) is 45.4 Å². The van der Waals surface area contributed by atoms with Gasteiger partial charge in [-0.3, -0.25) is 9.97 Å². The van der Waals surface area contributed by atoms with Gasteiger partial charge >= 0.3 is 0 Å². The van der Waals surface area contributed by atoms with Crippen LogP contribution in [0.5, 0.6) is 11.5 Å². The predicted molar refractivity (Wildman–Crippen MR) is 284 cm³/mol. The van der Waals surface area contributed by atoms with E-state index in [1.807, 2.05) is 93.8 Å². The molecule has 0 amide bonds. The maximum absolute atomic E-state index is 5.67. The molecule has 0 fully saturated rings. The van der Waals surface area contributed by atoms with Crippen molar-refractivity contribution in [2.24, 2.45) is 11.8 Å². The van der Waals surface area contributed by atoms with Crippen LogP contribution in [-0.2, 0) is 12.8 Å². The molecule has 6 aromatic heterocycles. The summed E-state index contributed by atoms with van der Waals surface area (Å²) in [4.78, 5) is 25.0. The van der Waals surface area contributed by atoms with E-state index in [0.29, 0.717) is 71.7 Å². The highest BCUT2D eigenvalue weighted by Gasteiger charge is 2.20. The second-order valence-electron chi connectivity index (χ2n) is 18.7. The fourth-order valence-electron chi connectivity index (χ4n) is 8.30. The number of aryl methyl sites for hydroxylation is 1. The summed E-state index contributed by atoms with van der Waals surface area (Å²) in [6, 6.07) is 36.6. The van der Waals surface area contributed by atoms with Crippen molar-refractivity contribution >= 4 is 10.9 Å². The number of benzene rings is 4. The number of H-pyrrole nitrogens is 1. The van der Waals surface area contributed by atoms with Crippen LogP contribution in [-0.4, -0.2) is 58.6 Å². The molecule has 0 radical (unpaired) electrons. The zero-order chi connectivity index (χ0) is 51.3. The summed E-state index contributed by atoms with van der Waals surface area (Å²) in [7, 11) is 0. The average Bonchev–Trinajstić information content (AvgIpc) is 4.26. The molecule has 1 N–H and O–H groups in total. The summed E-state index contributed by atoms with van der Waals surface area (Å²) in [5, 5.41) is 13.4. The van der Waals surface area contributed by atoms with Crippen LogP contribution in [0, 0.1) is 18.8 Å². The van der Waals surface area contributed by atoms with Crippen LogP contribution in [0.4, 0.5) is 0 Å². The van der Waals surface area contributed by atoms with E-state index in [9.17, 15) is 0 Å². The Balaban J connectivity index is 0.000000146. The third-order valence-corrected chi connectivity index (χ3v) is 12.1. The summed E-state index contributed by atoms with van der Waals surface area (Å²) in [5.74, 6) is 6.33. The first-order valence-electron chi connectivity index (χ1n) is 24.9. The van der Waals surface area contributed by atoms with Crippen LogP contribution < -0.4 is 9.47 Å². The Labute approximate surface area is 426 Å². The Bertz CT molecular complexity index is 3280. The molecule has 10 aromatic rings. The number of nitrogens with one attached hydrogen (secondary N) is 1.